The minimum absolute atomic E-state index is 0.722. The van der Waals surface area contributed by atoms with Crippen LogP contribution in [0.25, 0.3) is 0 Å². The van der Waals surface area contributed by atoms with Gasteiger partial charge in [-0.3, -0.25) is 4.90 Å². The highest BCUT2D eigenvalue weighted by Crippen LogP contribution is 2.34. The number of hydrogen-bond acceptors (Lipinski definition) is 2. The van der Waals surface area contributed by atoms with E-state index in [9.17, 15) is 0 Å². The van der Waals surface area contributed by atoms with Gasteiger partial charge in [-0.2, -0.15) is 0 Å². The van der Waals surface area contributed by atoms with Crippen LogP contribution in [0, 0.1) is 5.92 Å². The highest BCUT2D eigenvalue weighted by Gasteiger charge is 2.34. The van der Waals surface area contributed by atoms with Crippen LogP contribution in [0.2, 0.25) is 0 Å². The van der Waals surface area contributed by atoms with Crippen molar-refractivity contribution >= 4 is 0 Å². The van der Waals surface area contributed by atoms with E-state index in [2.05, 4.69) is 47.5 Å². The quantitative estimate of drug-likeness (QED) is 0.893. The molecule has 0 amide bonds. The molecule has 3 rings (SSSR count). The van der Waals surface area contributed by atoms with Crippen molar-refractivity contribution in [3.8, 4) is 0 Å². The molecule has 1 aliphatic heterocycles. The summed E-state index contributed by atoms with van der Waals surface area (Å²) in [5.74, 6) is 0.963. The fourth-order valence-corrected chi connectivity index (χ4v) is 3.20. The maximum absolute atomic E-state index is 3.76. The van der Waals surface area contributed by atoms with Gasteiger partial charge in [0, 0.05) is 25.2 Å². The van der Waals surface area contributed by atoms with Gasteiger partial charge in [0.1, 0.15) is 0 Å². The molecule has 1 saturated heterocycles. The predicted octanol–water partition coefficient (Wildman–Crippen LogP) is 2.69. The van der Waals surface area contributed by atoms with Gasteiger partial charge in [-0.05, 0) is 50.6 Å². The molecule has 2 aliphatic rings. The summed E-state index contributed by atoms with van der Waals surface area (Å²) in [7, 11) is 0. The molecule has 2 heteroatoms. The first-order valence-electron chi connectivity index (χ1n) is 7.84. The van der Waals surface area contributed by atoms with E-state index in [1.165, 1.54) is 50.9 Å². The molecule has 2 atom stereocenters. The molecule has 104 valence electrons. The normalized spacial score (nSPS) is 29.1. The summed E-state index contributed by atoms with van der Waals surface area (Å²) in [6.07, 6.45) is 5.36. The monoisotopic (exact) mass is 258 g/mol. The fourth-order valence-electron chi connectivity index (χ4n) is 3.20. The summed E-state index contributed by atoms with van der Waals surface area (Å²) in [5, 5.41) is 3.76. The molecule has 2 fully saturated rings. The largest absolute Gasteiger partial charge is 0.312 e. The molecule has 2 nitrogen and oxygen atoms in total. The first-order chi connectivity index (χ1) is 9.33. The van der Waals surface area contributed by atoms with E-state index in [1.807, 2.05) is 0 Å². The molecule has 1 aromatic carbocycles. The third-order valence-corrected chi connectivity index (χ3v) is 4.74. The summed E-state index contributed by atoms with van der Waals surface area (Å²) in [6, 6.07) is 12.4. The van der Waals surface area contributed by atoms with E-state index in [1.54, 1.807) is 0 Å². The summed E-state index contributed by atoms with van der Waals surface area (Å²) in [4.78, 5) is 2.70. The van der Waals surface area contributed by atoms with Gasteiger partial charge in [0.15, 0.2) is 0 Å². The Hall–Kier alpha value is -0.860. The van der Waals surface area contributed by atoms with Crippen LogP contribution in [0.5, 0.6) is 0 Å². The number of hydrogen-bond donors (Lipinski definition) is 1. The van der Waals surface area contributed by atoms with Crippen molar-refractivity contribution in [3.05, 3.63) is 35.9 Å². The molecule has 1 saturated carbocycles. The Balaban J connectivity index is 1.57. The average Bonchev–Trinajstić information content (AvgIpc) is 3.26. The van der Waals surface area contributed by atoms with Crippen molar-refractivity contribution in [2.45, 2.75) is 44.7 Å². The predicted molar refractivity (Wildman–Crippen MR) is 80.3 cm³/mol. The second-order valence-corrected chi connectivity index (χ2v) is 6.27. The Morgan fingerprint density at radius 3 is 2.68 bits per heavy atom. The number of rotatable bonds is 4. The SMILES string of the molecule is CC1CCNC(C2CC2)CN1CCc1ccccc1. The van der Waals surface area contributed by atoms with Crippen molar-refractivity contribution < 1.29 is 0 Å². The minimum atomic E-state index is 0.722. The van der Waals surface area contributed by atoms with Crippen LogP contribution in [0.1, 0.15) is 31.7 Å². The molecule has 1 N–H and O–H groups in total. The number of nitrogens with zero attached hydrogens (tertiary/aromatic N) is 1. The highest BCUT2D eigenvalue weighted by atomic mass is 15.2. The van der Waals surface area contributed by atoms with Gasteiger partial charge in [-0.15, -0.1) is 0 Å². The summed E-state index contributed by atoms with van der Waals surface area (Å²) in [5.41, 5.74) is 1.47. The Morgan fingerprint density at radius 1 is 1.16 bits per heavy atom. The van der Waals surface area contributed by atoms with Crippen LogP contribution in [-0.2, 0) is 6.42 Å². The van der Waals surface area contributed by atoms with E-state index >= 15 is 0 Å². The lowest BCUT2D eigenvalue weighted by Gasteiger charge is -2.29. The molecular formula is C17H26N2. The van der Waals surface area contributed by atoms with Crippen molar-refractivity contribution in [2.24, 2.45) is 5.92 Å². The van der Waals surface area contributed by atoms with Crippen molar-refractivity contribution in [2.75, 3.05) is 19.6 Å². The third-order valence-electron chi connectivity index (χ3n) is 4.74. The zero-order valence-electron chi connectivity index (χ0n) is 12.0. The van der Waals surface area contributed by atoms with E-state index in [0.717, 1.165) is 18.0 Å². The van der Waals surface area contributed by atoms with E-state index in [4.69, 9.17) is 0 Å². The summed E-state index contributed by atoms with van der Waals surface area (Å²) < 4.78 is 0. The first-order valence-corrected chi connectivity index (χ1v) is 7.84. The lowest BCUT2D eigenvalue weighted by Crippen LogP contribution is -2.42. The van der Waals surface area contributed by atoms with Crippen molar-refractivity contribution in [3.63, 3.8) is 0 Å². The topological polar surface area (TPSA) is 15.3 Å². The van der Waals surface area contributed by atoms with Gasteiger partial charge < -0.3 is 5.32 Å². The molecule has 1 aromatic rings. The summed E-state index contributed by atoms with van der Waals surface area (Å²) >= 11 is 0. The molecule has 0 aromatic heterocycles. The Kier molecular flexibility index (Phi) is 4.19. The Morgan fingerprint density at radius 2 is 1.95 bits per heavy atom. The second-order valence-electron chi connectivity index (χ2n) is 6.27. The van der Waals surface area contributed by atoms with Crippen LogP contribution in [0.3, 0.4) is 0 Å². The van der Waals surface area contributed by atoms with Crippen molar-refractivity contribution in [1.82, 2.24) is 10.2 Å². The summed E-state index contributed by atoms with van der Waals surface area (Å²) in [6.45, 7) is 6.04. The van der Waals surface area contributed by atoms with Crippen molar-refractivity contribution in [1.29, 1.82) is 0 Å². The molecule has 0 bridgehead atoms. The van der Waals surface area contributed by atoms with E-state index < -0.39 is 0 Å². The fraction of sp³-hybridized carbons (Fsp3) is 0.647. The standard InChI is InChI=1S/C17H26N2/c1-14-9-11-18-17(16-7-8-16)13-19(14)12-10-15-5-3-2-4-6-15/h2-6,14,16-18H,7-13H2,1H3. The lowest BCUT2D eigenvalue weighted by molar-refractivity contribution is 0.201. The van der Waals surface area contributed by atoms with Gasteiger partial charge in [-0.1, -0.05) is 30.3 Å². The Bertz CT molecular complexity index is 386. The third kappa shape index (κ3) is 3.58. The minimum Gasteiger partial charge on any atom is -0.312 e. The smallest absolute Gasteiger partial charge is 0.0223 e. The number of benzene rings is 1. The van der Waals surface area contributed by atoms with Crippen LogP contribution in [0.15, 0.2) is 30.3 Å². The molecule has 0 radical (unpaired) electrons. The van der Waals surface area contributed by atoms with Gasteiger partial charge in [0.25, 0.3) is 0 Å². The van der Waals surface area contributed by atoms with Crippen LogP contribution < -0.4 is 5.32 Å². The molecular weight excluding hydrogens is 232 g/mol. The van der Waals surface area contributed by atoms with Crippen LogP contribution >= 0.6 is 0 Å². The van der Waals surface area contributed by atoms with Gasteiger partial charge in [0.2, 0.25) is 0 Å². The molecule has 2 unspecified atom stereocenters. The van der Waals surface area contributed by atoms with Crippen LogP contribution in [-0.4, -0.2) is 36.6 Å². The zero-order chi connectivity index (χ0) is 13.1. The van der Waals surface area contributed by atoms with Gasteiger partial charge in [0.05, 0.1) is 0 Å². The molecule has 1 heterocycles. The average molecular weight is 258 g/mol. The van der Waals surface area contributed by atoms with Gasteiger partial charge >= 0.3 is 0 Å². The number of nitrogens with one attached hydrogen (secondary N) is 1. The maximum Gasteiger partial charge on any atom is 0.0223 e. The first kappa shape index (κ1) is 13.1. The van der Waals surface area contributed by atoms with Gasteiger partial charge in [-0.25, -0.2) is 0 Å². The Labute approximate surface area is 117 Å². The zero-order valence-corrected chi connectivity index (χ0v) is 12.0. The lowest BCUT2D eigenvalue weighted by atomic mass is 10.1. The molecule has 1 aliphatic carbocycles. The maximum atomic E-state index is 3.76. The van der Waals surface area contributed by atoms with Crippen LogP contribution in [0.4, 0.5) is 0 Å². The van der Waals surface area contributed by atoms with E-state index in [0.29, 0.717) is 0 Å². The van der Waals surface area contributed by atoms with E-state index in [-0.39, 0.29) is 0 Å². The molecule has 0 spiro atoms. The highest BCUT2D eigenvalue weighted by molar-refractivity contribution is 5.15. The molecule has 19 heavy (non-hydrogen) atoms. The second kappa shape index (κ2) is 6.06.